The summed E-state index contributed by atoms with van der Waals surface area (Å²) < 4.78 is 10.7. The van der Waals surface area contributed by atoms with E-state index in [1.807, 2.05) is 6.07 Å². The Morgan fingerprint density at radius 1 is 1.10 bits per heavy atom. The highest BCUT2D eigenvalue weighted by Gasteiger charge is 2.06. The largest absolute Gasteiger partial charge is 0.495 e. The molecule has 2 aromatic carbocycles. The van der Waals surface area contributed by atoms with E-state index in [1.165, 1.54) is 7.11 Å². The van der Waals surface area contributed by atoms with Crippen molar-refractivity contribution >= 4 is 23.2 Å². The normalized spacial score (nSPS) is 9.90. The van der Waals surface area contributed by atoms with Gasteiger partial charge in [-0.05, 0) is 29.8 Å². The average Bonchev–Trinajstić information content (AvgIpc) is 2.47. The van der Waals surface area contributed by atoms with Gasteiger partial charge in [0.05, 0.1) is 17.7 Å². The van der Waals surface area contributed by atoms with Gasteiger partial charge >= 0.3 is 0 Å². The van der Waals surface area contributed by atoms with Gasteiger partial charge in [-0.1, -0.05) is 29.3 Å². The lowest BCUT2D eigenvalue weighted by molar-refractivity contribution is 0.306. The maximum absolute atomic E-state index is 9.03. The third kappa shape index (κ3) is 3.36. The molecule has 0 amide bonds. The van der Waals surface area contributed by atoms with E-state index in [9.17, 15) is 0 Å². The Hall–Kier alpha value is -1.89. The standard InChI is InChI=1S/C15H11Cl2NO2/c1-19-14-5-2-10(6-11(14)8-18)9-20-15-7-12(16)3-4-13(15)17/h2-7H,9H2,1H3. The van der Waals surface area contributed by atoms with Crippen LogP contribution in [0.3, 0.4) is 0 Å². The van der Waals surface area contributed by atoms with Crippen molar-refractivity contribution in [3.63, 3.8) is 0 Å². The Morgan fingerprint density at radius 3 is 2.60 bits per heavy atom. The minimum absolute atomic E-state index is 0.290. The number of methoxy groups -OCH3 is 1. The Bertz CT molecular complexity index is 665. The average molecular weight is 308 g/mol. The summed E-state index contributed by atoms with van der Waals surface area (Å²) in [6.45, 7) is 0.290. The van der Waals surface area contributed by atoms with Crippen LogP contribution in [0.15, 0.2) is 36.4 Å². The highest BCUT2D eigenvalue weighted by atomic mass is 35.5. The van der Waals surface area contributed by atoms with Crippen LogP contribution >= 0.6 is 23.2 Å². The fraction of sp³-hybridized carbons (Fsp3) is 0.133. The van der Waals surface area contributed by atoms with Gasteiger partial charge < -0.3 is 9.47 Å². The van der Waals surface area contributed by atoms with Crippen LogP contribution in [0.2, 0.25) is 10.0 Å². The Balaban J connectivity index is 2.15. The first-order valence-corrected chi connectivity index (χ1v) is 6.54. The molecule has 5 heteroatoms. The molecule has 0 fully saturated rings. The van der Waals surface area contributed by atoms with E-state index < -0.39 is 0 Å². The third-order valence-corrected chi connectivity index (χ3v) is 3.22. The van der Waals surface area contributed by atoms with Gasteiger partial charge in [-0.25, -0.2) is 0 Å². The zero-order valence-corrected chi connectivity index (χ0v) is 12.2. The SMILES string of the molecule is COc1ccc(COc2cc(Cl)ccc2Cl)cc1C#N. The van der Waals surface area contributed by atoms with E-state index >= 15 is 0 Å². The molecular formula is C15H11Cl2NO2. The summed E-state index contributed by atoms with van der Waals surface area (Å²) in [6, 6.07) is 12.4. The number of nitrogens with zero attached hydrogens (tertiary/aromatic N) is 1. The Labute approximate surface area is 127 Å². The fourth-order valence-electron chi connectivity index (χ4n) is 1.68. The van der Waals surface area contributed by atoms with Gasteiger partial charge in [-0.15, -0.1) is 0 Å². The predicted molar refractivity (Wildman–Crippen MR) is 78.5 cm³/mol. The number of nitriles is 1. The van der Waals surface area contributed by atoms with Crippen molar-refractivity contribution in [2.24, 2.45) is 0 Å². The molecule has 0 unspecified atom stereocenters. The number of rotatable bonds is 4. The molecule has 0 aliphatic carbocycles. The molecule has 0 spiro atoms. The minimum Gasteiger partial charge on any atom is -0.495 e. The topological polar surface area (TPSA) is 42.2 Å². The number of hydrogen-bond donors (Lipinski definition) is 0. The van der Waals surface area contributed by atoms with Crippen molar-refractivity contribution in [3.8, 4) is 17.6 Å². The highest BCUT2D eigenvalue weighted by Crippen LogP contribution is 2.28. The second kappa shape index (κ2) is 6.51. The fourth-order valence-corrected chi connectivity index (χ4v) is 2.02. The molecule has 0 bridgehead atoms. The van der Waals surface area contributed by atoms with E-state index in [0.29, 0.717) is 33.7 Å². The molecule has 0 aliphatic heterocycles. The predicted octanol–water partition coefficient (Wildman–Crippen LogP) is 4.45. The number of hydrogen-bond acceptors (Lipinski definition) is 3. The quantitative estimate of drug-likeness (QED) is 0.838. The summed E-state index contributed by atoms with van der Waals surface area (Å²) >= 11 is 11.9. The zero-order valence-electron chi connectivity index (χ0n) is 10.7. The second-order valence-electron chi connectivity index (χ2n) is 4.01. The maximum atomic E-state index is 9.03. The van der Waals surface area contributed by atoms with E-state index in [1.54, 1.807) is 30.3 Å². The molecule has 0 saturated heterocycles. The van der Waals surface area contributed by atoms with Gasteiger partial charge in [0, 0.05) is 11.1 Å². The van der Waals surface area contributed by atoms with Crippen molar-refractivity contribution < 1.29 is 9.47 Å². The molecule has 0 heterocycles. The summed E-state index contributed by atoms with van der Waals surface area (Å²) in [4.78, 5) is 0. The van der Waals surface area contributed by atoms with Gasteiger partial charge in [0.25, 0.3) is 0 Å². The molecule has 0 aromatic heterocycles. The Kier molecular flexibility index (Phi) is 4.73. The lowest BCUT2D eigenvalue weighted by Crippen LogP contribution is -1.97. The molecule has 0 aliphatic rings. The van der Waals surface area contributed by atoms with Gasteiger partial charge in [0.1, 0.15) is 24.2 Å². The van der Waals surface area contributed by atoms with E-state index in [2.05, 4.69) is 6.07 Å². The van der Waals surface area contributed by atoms with Gasteiger partial charge in [-0.3, -0.25) is 0 Å². The first-order valence-electron chi connectivity index (χ1n) is 5.79. The van der Waals surface area contributed by atoms with Crippen LogP contribution in [0.25, 0.3) is 0 Å². The van der Waals surface area contributed by atoms with Crippen LogP contribution in [-0.2, 0) is 6.61 Å². The van der Waals surface area contributed by atoms with Crippen molar-refractivity contribution in [3.05, 3.63) is 57.6 Å². The van der Waals surface area contributed by atoms with Crippen molar-refractivity contribution in [1.82, 2.24) is 0 Å². The molecule has 2 aromatic rings. The maximum Gasteiger partial charge on any atom is 0.139 e. The summed E-state index contributed by atoms with van der Waals surface area (Å²) in [7, 11) is 1.53. The van der Waals surface area contributed by atoms with E-state index in [0.717, 1.165) is 5.56 Å². The molecule has 0 N–H and O–H groups in total. The van der Waals surface area contributed by atoms with Crippen LogP contribution in [-0.4, -0.2) is 7.11 Å². The second-order valence-corrected chi connectivity index (χ2v) is 4.85. The molecule has 2 rings (SSSR count). The van der Waals surface area contributed by atoms with Gasteiger partial charge in [0.2, 0.25) is 0 Å². The van der Waals surface area contributed by atoms with Crippen LogP contribution in [0, 0.1) is 11.3 Å². The van der Waals surface area contributed by atoms with Crippen LogP contribution < -0.4 is 9.47 Å². The molecule has 0 radical (unpaired) electrons. The monoisotopic (exact) mass is 307 g/mol. The van der Waals surface area contributed by atoms with Crippen molar-refractivity contribution in [2.75, 3.05) is 7.11 Å². The number of ether oxygens (including phenoxy) is 2. The van der Waals surface area contributed by atoms with Crippen molar-refractivity contribution in [2.45, 2.75) is 6.61 Å². The van der Waals surface area contributed by atoms with Gasteiger partial charge in [0.15, 0.2) is 0 Å². The molecule has 20 heavy (non-hydrogen) atoms. The number of halogens is 2. The highest BCUT2D eigenvalue weighted by molar-refractivity contribution is 6.34. The first-order chi connectivity index (χ1) is 9.63. The molecule has 0 saturated carbocycles. The molecule has 0 atom stereocenters. The lowest BCUT2D eigenvalue weighted by Gasteiger charge is -2.10. The van der Waals surface area contributed by atoms with E-state index in [-0.39, 0.29) is 0 Å². The van der Waals surface area contributed by atoms with Gasteiger partial charge in [-0.2, -0.15) is 5.26 Å². The lowest BCUT2D eigenvalue weighted by atomic mass is 10.1. The number of benzene rings is 2. The Morgan fingerprint density at radius 2 is 1.90 bits per heavy atom. The smallest absolute Gasteiger partial charge is 0.139 e. The third-order valence-electron chi connectivity index (χ3n) is 2.67. The van der Waals surface area contributed by atoms with Crippen LogP contribution in [0.5, 0.6) is 11.5 Å². The summed E-state index contributed by atoms with van der Waals surface area (Å²) in [5, 5.41) is 10.1. The first kappa shape index (κ1) is 14.5. The van der Waals surface area contributed by atoms with Crippen molar-refractivity contribution in [1.29, 1.82) is 5.26 Å². The summed E-state index contributed by atoms with van der Waals surface area (Å²) in [5.74, 6) is 1.05. The van der Waals surface area contributed by atoms with E-state index in [4.69, 9.17) is 37.9 Å². The molecule has 3 nitrogen and oxygen atoms in total. The van der Waals surface area contributed by atoms with Crippen LogP contribution in [0.4, 0.5) is 0 Å². The minimum atomic E-state index is 0.290. The summed E-state index contributed by atoms with van der Waals surface area (Å²) in [5.41, 5.74) is 1.31. The zero-order chi connectivity index (χ0) is 14.5. The molecular weight excluding hydrogens is 297 g/mol. The van der Waals surface area contributed by atoms with Crippen LogP contribution in [0.1, 0.15) is 11.1 Å². The summed E-state index contributed by atoms with van der Waals surface area (Å²) in [6.07, 6.45) is 0. The molecule has 102 valence electrons.